The second kappa shape index (κ2) is 12.0. The van der Waals surface area contributed by atoms with Gasteiger partial charge in [-0.05, 0) is 54.8 Å². The number of aromatic nitrogens is 1. The third-order valence-electron chi connectivity index (χ3n) is 6.16. The van der Waals surface area contributed by atoms with Crippen LogP contribution in [-0.4, -0.2) is 43.3 Å². The molecule has 4 aromatic rings. The van der Waals surface area contributed by atoms with Crippen LogP contribution in [0.25, 0.3) is 21.0 Å². The molecule has 0 fully saturated rings. The first kappa shape index (κ1) is 27.0. The highest BCUT2D eigenvalue weighted by molar-refractivity contribution is 7.89. The second-order valence-electron chi connectivity index (χ2n) is 8.81. The van der Waals surface area contributed by atoms with E-state index < -0.39 is 10.0 Å². The molecule has 0 aliphatic carbocycles. The van der Waals surface area contributed by atoms with Crippen LogP contribution in [0.2, 0.25) is 0 Å². The Kier molecular flexibility index (Phi) is 8.79. The van der Waals surface area contributed by atoms with Crippen LogP contribution in [0.1, 0.15) is 56.8 Å². The number of carbonyl (C=O) groups is 1. The fourth-order valence-corrected chi connectivity index (χ4v) is 6.73. The first-order valence-electron chi connectivity index (χ1n) is 12.8. The molecule has 0 bridgehead atoms. The average Bonchev–Trinajstić information content (AvgIpc) is 3.30. The Balaban J connectivity index is 1.64. The molecule has 0 atom stereocenters. The molecule has 196 valence electrons. The van der Waals surface area contributed by atoms with E-state index in [9.17, 15) is 13.2 Å². The van der Waals surface area contributed by atoms with Crippen molar-refractivity contribution in [3.05, 3.63) is 60.2 Å². The minimum atomic E-state index is -3.62. The van der Waals surface area contributed by atoms with E-state index in [0.717, 1.165) is 36.5 Å². The van der Waals surface area contributed by atoms with Crippen LogP contribution in [0.3, 0.4) is 0 Å². The number of rotatable bonds is 12. The number of amides is 1. The van der Waals surface area contributed by atoms with Crippen LogP contribution >= 0.6 is 11.3 Å². The van der Waals surface area contributed by atoms with Crippen LogP contribution in [-0.2, 0) is 10.0 Å². The average molecular weight is 540 g/mol. The quantitative estimate of drug-likeness (QED) is 0.217. The first-order chi connectivity index (χ1) is 17.9. The van der Waals surface area contributed by atoms with Gasteiger partial charge in [0.25, 0.3) is 5.91 Å². The number of benzene rings is 3. The van der Waals surface area contributed by atoms with E-state index in [1.807, 2.05) is 37.3 Å². The SMILES string of the molecule is CCCCN(CCCC)S(=O)(=O)c1ccc2nc(NC(=O)c3c(OCC)ccc4ccccc34)sc2c1. The fourth-order valence-electron chi connectivity index (χ4n) is 4.21. The summed E-state index contributed by atoms with van der Waals surface area (Å²) in [6.07, 6.45) is 3.49. The van der Waals surface area contributed by atoms with Crippen molar-refractivity contribution in [3.8, 4) is 5.75 Å². The number of nitrogens with one attached hydrogen (secondary N) is 1. The molecule has 0 spiro atoms. The van der Waals surface area contributed by atoms with Gasteiger partial charge in [-0.3, -0.25) is 10.1 Å². The summed E-state index contributed by atoms with van der Waals surface area (Å²) in [5.74, 6) is 0.185. The minimum absolute atomic E-state index is 0.251. The molecule has 4 rings (SSSR count). The lowest BCUT2D eigenvalue weighted by molar-refractivity contribution is 0.102. The van der Waals surface area contributed by atoms with Gasteiger partial charge >= 0.3 is 0 Å². The lowest BCUT2D eigenvalue weighted by atomic mass is 10.0. The van der Waals surface area contributed by atoms with Gasteiger partial charge in [0.1, 0.15) is 5.75 Å². The molecule has 0 radical (unpaired) electrons. The smallest absolute Gasteiger partial charge is 0.261 e. The number of thiazole rings is 1. The van der Waals surface area contributed by atoms with Crippen LogP contribution in [0.5, 0.6) is 5.75 Å². The zero-order valence-corrected chi connectivity index (χ0v) is 23.1. The molecule has 1 amide bonds. The third-order valence-corrected chi connectivity index (χ3v) is 8.99. The van der Waals surface area contributed by atoms with E-state index in [1.54, 1.807) is 28.6 Å². The number of hydrogen-bond acceptors (Lipinski definition) is 6. The summed E-state index contributed by atoms with van der Waals surface area (Å²) in [4.78, 5) is 18.2. The molecule has 0 saturated heterocycles. The van der Waals surface area contributed by atoms with Gasteiger partial charge < -0.3 is 4.74 Å². The number of fused-ring (bicyclic) bond motifs is 2. The van der Waals surface area contributed by atoms with Crippen LogP contribution in [0.4, 0.5) is 5.13 Å². The predicted molar refractivity (Wildman–Crippen MR) is 151 cm³/mol. The maximum absolute atomic E-state index is 13.4. The lowest BCUT2D eigenvalue weighted by Gasteiger charge is -2.21. The number of nitrogens with zero attached hydrogens (tertiary/aromatic N) is 2. The highest BCUT2D eigenvalue weighted by Gasteiger charge is 2.25. The van der Waals surface area contributed by atoms with Crippen molar-refractivity contribution in [1.29, 1.82) is 0 Å². The normalized spacial score (nSPS) is 11.9. The number of anilines is 1. The molecule has 0 saturated carbocycles. The Bertz CT molecular complexity index is 1490. The molecule has 7 nitrogen and oxygen atoms in total. The number of sulfonamides is 1. The summed E-state index contributed by atoms with van der Waals surface area (Å²) >= 11 is 1.26. The number of carbonyl (C=O) groups excluding carboxylic acids is 1. The zero-order chi connectivity index (χ0) is 26.4. The lowest BCUT2D eigenvalue weighted by Crippen LogP contribution is -2.33. The molecule has 1 aromatic heterocycles. The van der Waals surface area contributed by atoms with Crippen molar-refractivity contribution >= 4 is 53.4 Å². The molecule has 0 aliphatic rings. The van der Waals surface area contributed by atoms with Crippen molar-refractivity contribution in [2.45, 2.75) is 51.3 Å². The van der Waals surface area contributed by atoms with Gasteiger partial charge in [0.2, 0.25) is 10.0 Å². The van der Waals surface area contributed by atoms with Crippen LogP contribution in [0, 0.1) is 0 Å². The second-order valence-corrected chi connectivity index (χ2v) is 11.8. The Morgan fingerprint density at radius 1 is 1.00 bits per heavy atom. The van der Waals surface area contributed by atoms with Gasteiger partial charge in [-0.15, -0.1) is 0 Å². The van der Waals surface area contributed by atoms with Gasteiger partial charge in [0, 0.05) is 13.1 Å². The predicted octanol–water partition coefficient (Wildman–Crippen LogP) is 6.69. The summed E-state index contributed by atoms with van der Waals surface area (Å²) in [5.41, 5.74) is 1.08. The highest BCUT2D eigenvalue weighted by atomic mass is 32.2. The van der Waals surface area contributed by atoms with E-state index in [0.29, 0.717) is 46.4 Å². The van der Waals surface area contributed by atoms with Gasteiger partial charge in [0.15, 0.2) is 5.13 Å². The molecule has 1 N–H and O–H groups in total. The van der Waals surface area contributed by atoms with Gasteiger partial charge in [-0.1, -0.05) is 68.4 Å². The minimum Gasteiger partial charge on any atom is -0.493 e. The Labute approximate surface area is 222 Å². The summed E-state index contributed by atoms with van der Waals surface area (Å²) in [6.45, 7) is 7.44. The summed E-state index contributed by atoms with van der Waals surface area (Å²) < 4.78 is 34.8. The topological polar surface area (TPSA) is 88.6 Å². The number of hydrogen-bond donors (Lipinski definition) is 1. The van der Waals surface area contributed by atoms with Gasteiger partial charge in [-0.2, -0.15) is 4.31 Å². The van der Waals surface area contributed by atoms with Crippen molar-refractivity contribution < 1.29 is 17.9 Å². The maximum Gasteiger partial charge on any atom is 0.261 e. The molecule has 0 aliphatic heterocycles. The molecular formula is C28H33N3O4S2. The van der Waals surface area contributed by atoms with Crippen LogP contribution in [0.15, 0.2) is 59.5 Å². The number of unbranched alkanes of at least 4 members (excludes halogenated alkanes) is 2. The van der Waals surface area contributed by atoms with E-state index in [2.05, 4.69) is 24.1 Å². The van der Waals surface area contributed by atoms with E-state index in [1.165, 1.54) is 11.3 Å². The molecule has 0 unspecified atom stereocenters. The van der Waals surface area contributed by atoms with E-state index in [-0.39, 0.29) is 10.8 Å². The number of ether oxygens (including phenoxy) is 1. The molecule has 9 heteroatoms. The molecule has 3 aromatic carbocycles. The fraction of sp³-hybridized carbons (Fsp3) is 0.357. The van der Waals surface area contributed by atoms with Gasteiger partial charge in [0.05, 0.1) is 27.3 Å². The largest absolute Gasteiger partial charge is 0.493 e. The highest BCUT2D eigenvalue weighted by Crippen LogP contribution is 2.32. The standard InChI is InChI=1S/C28H33N3O4S2/c1-4-7-17-31(18-8-5-2)37(33,34)21-14-15-23-25(19-21)36-28(29-23)30-27(32)26-22-12-10-9-11-20(22)13-16-24(26)35-6-3/h9-16,19H,4-8,17-18H2,1-3H3,(H,29,30,32). The Morgan fingerprint density at radius 2 is 1.73 bits per heavy atom. The first-order valence-corrected chi connectivity index (χ1v) is 15.0. The monoisotopic (exact) mass is 539 g/mol. The van der Waals surface area contributed by atoms with Crippen molar-refractivity contribution in [1.82, 2.24) is 9.29 Å². The van der Waals surface area contributed by atoms with Crippen molar-refractivity contribution in [2.24, 2.45) is 0 Å². The van der Waals surface area contributed by atoms with Crippen molar-refractivity contribution in [3.63, 3.8) is 0 Å². The summed E-state index contributed by atoms with van der Waals surface area (Å²) in [7, 11) is -3.62. The molecule has 1 heterocycles. The van der Waals surface area contributed by atoms with E-state index >= 15 is 0 Å². The summed E-state index contributed by atoms with van der Waals surface area (Å²) in [6, 6.07) is 16.4. The molecular weight excluding hydrogens is 506 g/mol. The Hall–Kier alpha value is -3.01. The van der Waals surface area contributed by atoms with E-state index in [4.69, 9.17) is 4.74 Å². The third kappa shape index (κ3) is 5.95. The van der Waals surface area contributed by atoms with Gasteiger partial charge in [-0.25, -0.2) is 13.4 Å². The zero-order valence-electron chi connectivity index (χ0n) is 21.5. The van der Waals surface area contributed by atoms with Crippen LogP contribution < -0.4 is 10.1 Å². The van der Waals surface area contributed by atoms with Crippen molar-refractivity contribution in [2.75, 3.05) is 25.0 Å². The molecule has 37 heavy (non-hydrogen) atoms. The maximum atomic E-state index is 13.4. The Morgan fingerprint density at radius 3 is 2.43 bits per heavy atom. The summed E-state index contributed by atoms with van der Waals surface area (Å²) in [5, 5.41) is 5.03.